The summed E-state index contributed by atoms with van der Waals surface area (Å²) in [5.41, 5.74) is 0.0629. The first-order valence-corrected chi connectivity index (χ1v) is 6.59. The van der Waals surface area contributed by atoms with Crippen molar-refractivity contribution < 1.29 is 4.79 Å². The van der Waals surface area contributed by atoms with E-state index in [1.165, 1.54) is 12.8 Å². The summed E-state index contributed by atoms with van der Waals surface area (Å²) in [6.07, 6.45) is 2.95. The molecule has 19 heavy (non-hydrogen) atoms. The van der Waals surface area contributed by atoms with Crippen LogP contribution in [0.2, 0.25) is 0 Å². The number of aromatic amines is 2. The van der Waals surface area contributed by atoms with Crippen LogP contribution >= 0.6 is 0 Å². The maximum atomic E-state index is 11.8. The molecule has 2 rings (SSSR count). The van der Waals surface area contributed by atoms with E-state index in [0.717, 1.165) is 0 Å². The van der Waals surface area contributed by atoms with Crippen molar-refractivity contribution in [2.75, 3.05) is 0 Å². The summed E-state index contributed by atoms with van der Waals surface area (Å²) in [5.74, 6) is 0.562. The van der Waals surface area contributed by atoms with Crippen LogP contribution in [0, 0.1) is 12.8 Å². The number of aryl methyl sites for hydroxylation is 1. The second kappa shape index (κ2) is 5.42. The summed E-state index contributed by atoms with van der Waals surface area (Å²) in [6.45, 7) is 3.67. The fourth-order valence-corrected chi connectivity index (χ4v) is 2.21. The maximum absolute atomic E-state index is 11.8. The predicted octanol–water partition coefficient (Wildman–Crippen LogP) is 0.219. The number of nitrogens with one attached hydrogen (secondary N) is 3. The van der Waals surface area contributed by atoms with E-state index >= 15 is 0 Å². The Kier molecular flexibility index (Phi) is 3.87. The molecule has 1 aromatic heterocycles. The normalized spacial score (nSPS) is 16.1. The van der Waals surface area contributed by atoms with Gasteiger partial charge in [-0.05, 0) is 39.0 Å². The summed E-state index contributed by atoms with van der Waals surface area (Å²) in [5, 5.41) is 2.94. The Labute approximate surface area is 110 Å². The summed E-state index contributed by atoms with van der Waals surface area (Å²) in [4.78, 5) is 39.1. The predicted molar refractivity (Wildman–Crippen MR) is 71.1 cm³/mol. The Morgan fingerprint density at radius 1 is 1.37 bits per heavy atom. The van der Waals surface area contributed by atoms with Gasteiger partial charge in [0.15, 0.2) is 0 Å². The van der Waals surface area contributed by atoms with Crippen LogP contribution in [0.5, 0.6) is 0 Å². The van der Waals surface area contributed by atoms with Crippen LogP contribution in [0.1, 0.15) is 37.4 Å². The Morgan fingerprint density at radius 2 is 2.05 bits per heavy atom. The average Bonchev–Trinajstić information content (AvgIpc) is 3.10. The molecule has 1 fully saturated rings. The topological polar surface area (TPSA) is 94.8 Å². The van der Waals surface area contributed by atoms with Crippen LogP contribution in [-0.4, -0.2) is 21.9 Å². The number of carbonyl (C=O) groups excluding carboxylic acids is 1. The Morgan fingerprint density at radius 3 is 2.63 bits per heavy atom. The van der Waals surface area contributed by atoms with Gasteiger partial charge < -0.3 is 10.3 Å². The van der Waals surface area contributed by atoms with Crippen molar-refractivity contribution in [3.63, 3.8) is 0 Å². The lowest BCUT2D eigenvalue weighted by atomic mass is 10.1. The van der Waals surface area contributed by atoms with Crippen LogP contribution in [0.25, 0.3) is 0 Å². The molecule has 0 unspecified atom stereocenters. The van der Waals surface area contributed by atoms with Crippen molar-refractivity contribution in [2.24, 2.45) is 5.92 Å². The highest BCUT2D eigenvalue weighted by Gasteiger charge is 2.28. The second-order valence-corrected chi connectivity index (χ2v) is 5.21. The molecule has 1 amide bonds. The van der Waals surface area contributed by atoms with Crippen LogP contribution in [-0.2, 0) is 11.2 Å². The van der Waals surface area contributed by atoms with Gasteiger partial charge in [0.05, 0.1) is 0 Å². The van der Waals surface area contributed by atoms with Crippen molar-refractivity contribution in [1.29, 1.82) is 0 Å². The van der Waals surface area contributed by atoms with E-state index in [-0.39, 0.29) is 18.4 Å². The van der Waals surface area contributed by atoms with E-state index in [1.54, 1.807) is 6.92 Å². The lowest BCUT2D eigenvalue weighted by Crippen LogP contribution is -2.35. The van der Waals surface area contributed by atoms with Gasteiger partial charge in [-0.2, -0.15) is 0 Å². The summed E-state index contributed by atoms with van der Waals surface area (Å²) in [7, 11) is 0. The molecule has 0 bridgehead atoms. The van der Waals surface area contributed by atoms with Crippen molar-refractivity contribution in [2.45, 2.75) is 45.6 Å². The first-order valence-electron chi connectivity index (χ1n) is 6.59. The number of H-pyrrole nitrogens is 2. The van der Waals surface area contributed by atoms with Gasteiger partial charge in [-0.15, -0.1) is 0 Å². The molecule has 6 heteroatoms. The third-order valence-corrected chi connectivity index (χ3v) is 3.57. The molecule has 0 aliphatic heterocycles. The molecule has 0 saturated heterocycles. The SMILES string of the molecule is Cc1[nH]c(=O)[nH]c(=O)c1CCC(=O)N[C@@H](C)C1CC1. The van der Waals surface area contributed by atoms with Crippen LogP contribution < -0.4 is 16.6 Å². The number of hydrogen-bond acceptors (Lipinski definition) is 3. The van der Waals surface area contributed by atoms with Gasteiger partial charge in [-0.25, -0.2) is 4.79 Å². The van der Waals surface area contributed by atoms with Crippen molar-refractivity contribution >= 4 is 5.91 Å². The van der Waals surface area contributed by atoms with Gasteiger partial charge in [0, 0.05) is 23.7 Å². The molecule has 0 spiro atoms. The van der Waals surface area contributed by atoms with Gasteiger partial charge in [0.1, 0.15) is 0 Å². The summed E-state index contributed by atoms with van der Waals surface area (Å²) in [6, 6.07) is 0.211. The van der Waals surface area contributed by atoms with Crippen LogP contribution in [0.3, 0.4) is 0 Å². The fourth-order valence-electron chi connectivity index (χ4n) is 2.21. The van der Waals surface area contributed by atoms with E-state index < -0.39 is 11.2 Å². The molecule has 3 N–H and O–H groups in total. The number of amides is 1. The van der Waals surface area contributed by atoms with Crippen LogP contribution in [0.15, 0.2) is 9.59 Å². The molecule has 0 aromatic carbocycles. The molecule has 0 radical (unpaired) electrons. The van der Waals surface area contributed by atoms with Gasteiger partial charge in [-0.3, -0.25) is 14.6 Å². The van der Waals surface area contributed by atoms with Gasteiger partial charge >= 0.3 is 5.69 Å². The maximum Gasteiger partial charge on any atom is 0.325 e. The second-order valence-electron chi connectivity index (χ2n) is 5.21. The van der Waals surface area contributed by atoms with Crippen molar-refractivity contribution in [3.05, 3.63) is 32.1 Å². The Bertz CT molecular complexity index is 584. The molecular weight excluding hydrogens is 246 g/mol. The third kappa shape index (κ3) is 3.56. The lowest BCUT2D eigenvalue weighted by molar-refractivity contribution is -0.121. The highest BCUT2D eigenvalue weighted by molar-refractivity contribution is 5.76. The standard InChI is InChI=1S/C13H19N3O3/c1-7(9-3-4-9)14-11(17)6-5-10-8(2)15-13(19)16-12(10)18/h7,9H,3-6H2,1-2H3,(H,14,17)(H2,15,16,18,19)/t7-/m0/s1. The molecule has 1 saturated carbocycles. The third-order valence-electron chi connectivity index (χ3n) is 3.57. The minimum absolute atomic E-state index is 0.0515. The first kappa shape index (κ1) is 13.6. The minimum Gasteiger partial charge on any atom is -0.353 e. The smallest absolute Gasteiger partial charge is 0.325 e. The lowest BCUT2D eigenvalue weighted by Gasteiger charge is -2.12. The van der Waals surface area contributed by atoms with Crippen molar-refractivity contribution in [3.8, 4) is 0 Å². The van der Waals surface area contributed by atoms with Gasteiger partial charge in [0.2, 0.25) is 5.91 Å². The molecule has 6 nitrogen and oxygen atoms in total. The zero-order valence-electron chi connectivity index (χ0n) is 11.2. The zero-order chi connectivity index (χ0) is 14.0. The first-order chi connectivity index (χ1) is 8.97. The quantitative estimate of drug-likeness (QED) is 0.710. The summed E-state index contributed by atoms with van der Waals surface area (Å²) >= 11 is 0. The average molecular weight is 265 g/mol. The summed E-state index contributed by atoms with van der Waals surface area (Å²) < 4.78 is 0. The van der Waals surface area contributed by atoms with Gasteiger partial charge in [0.25, 0.3) is 5.56 Å². The molecule has 1 heterocycles. The number of rotatable bonds is 5. The fraction of sp³-hybridized carbons (Fsp3) is 0.615. The van der Waals surface area contributed by atoms with Crippen LogP contribution in [0.4, 0.5) is 0 Å². The van der Waals surface area contributed by atoms with Crippen molar-refractivity contribution in [1.82, 2.24) is 15.3 Å². The number of carbonyl (C=O) groups is 1. The molecule has 1 aromatic rings. The minimum atomic E-state index is -0.516. The highest BCUT2D eigenvalue weighted by atomic mass is 16.2. The van der Waals surface area contributed by atoms with Gasteiger partial charge in [-0.1, -0.05) is 0 Å². The zero-order valence-corrected chi connectivity index (χ0v) is 11.2. The van der Waals surface area contributed by atoms with E-state index in [4.69, 9.17) is 0 Å². The molecule has 1 aliphatic carbocycles. The number of aromatic nitrogens is 2. The number of hydrogen-bond donors (Lipinski definition) is 3. The highest BCUT2D eigenvalue weighted by Crippen LogP contribution is 2.32. The molecule has 104 valence electrons. The van der Waals surface area contributed by atoms with E-state index in [9.17, 15) is 14.4 Å². The van der Waals surface area contributed by atoms with E-state index in [1.807, 2.05) is 6.92 Å². The Hall–Kier alpha value is -1.85. The molecular formula is C13H19N3O3. The largest absolute Gasteiger partial charge is 0.353 e. The van der Waals surface area contributed by atoms with E-state index in [0.29, 0.717) is 23.6 Å². The molecule has 1 atom stereocenters. The Balaban J connectivity index is 1.93. The molecule has 1 aliphatic rings. The van der Waals surface area contributed by atoms with E-state index in [2.05, 4.69) is 15.3 Å². The monoisotopic (exact) mass is 265 g/mol.